The number of nitriles is 1. The van der Waals surface area contributed by atoms with E-state index in [0.717, 1.165) is 18.7 Å². The highest BCUT2D eigenvalue weighted by atomic mass is 16.1. The van der Waals surface area contributed by atoms with Crippen LogP contribution < -0.4 is 5.32 Å². The zero-order chi connectivity index (χ0) is 15.1. The number of nitrogens with zero attached hydrogens (tertiary/aromatic N) is 2. The van der Waals surface area contributed by atoms with Crippen molar-refractivity contribution in [2.75, 3.05) is 19.6 Å². The molecule has 1 aromatic carbocycles. The Hall–Kier alpha value is -1.86. The number of benzene rings is 1. The van der Waals surface area contributed by atoms with Crippen molar-refractivity contribution >= 4 is 5.91 Å². The number of nitrogens with one attached hydrogen (secondary N) is 1. The molecular weight excluding hydrogens is 262 g/mol. The molecule has 1 aromatic rings. The Labute approximate surface area is 126 Å². The normalized spacial score (nSPS) is 17.9. The number of amides is 1. The van der Waals surface area contributed by atoms with Gasteiger partial charge in [-0.05, 0) is 44.8 Å². The third-order valence-corrected chi connectivity index (χ3v) is 4.09. The van der Waals surface area contributed by atoms with E-state index in [2.05, 4.69) is 23.2 Å². The average molecular weight is 285 g/mol. The summed E-state index contributed by atoms with van der Waals surface area (Å²) in [4.78, 5) is 14.5. The lowest BCUT2D eigenvalue weighted by Gasteiger charge is -2.24. The van der Waals surface area contributed by atoms with E-state index in [-0.39, 0.29) is 5.91 Å². The zero-order valence-corrected chi connectivity index (χ0v) is 12.6. The van der Waals surface area contributed by atoms with E-state index >= 15 is 0 Å². The van der Waals surface area contributed by atoms with Gasteiger partial charge in [-0.15, -0.1) is 0 Å². The molecule has 21 heavy (non-hydrogen) atoms. The molecule has 0 saturated carbocycles. The third-order valence-electron chi connectivity index (χ3n) is 4.09. The van der Waals surface area contributed by atoms with E-state index in [0.29, 0.717) is 19.0 Å². The van der Waals surface area contributed by atoms with Gasteiger partial charge in [0.15, 0.2) is 0 Å². The van der Waals surface area contributed by atoms with Crippen LogP contribution in [0, 0.1) is 17.2 Å². The minimum Gasteiger partial charge on any atom is -0.353 e. The maximum Gasteiger partial charge on any atom is 0.237 e. The molecule has 1 heterocycles. The van der Waals surface area contributed by atoms with Crippen LogP contribution >= 0.6 is 0 Å². The fraction of sp³-hybridized carbons (Fsp3) is 0.529. The fourth-order valence-electron chi connectivity index (χ4n) is 2.73. The predicted molar refractivity (Wildman–Crippen MR) is 82.5 cm³/mol. The molecule has 0 aliphatic carbocycles. The molecule has 2 unspecified atom stereocenters. The van der Waals surface area contributed by atoms with Crippen LogP contribution in [-0.2, 0) is 11.2 Å². The first-order valence-electron chi connectivity index (χ1n) is 7.66. The number of carbonyl (C=O) groups is 1. The standard InChI is InChI=1S/C17H23N3O/c1-14(20-9-5-6-10-20)13-19-17(21)16(12-18)11-15-7-3-2-4-8-15/h2-4,7-8,14,16H,5-6,9-11,13H2,1H3,(H,19,21). The summed E-state index contributed by atoms with van der Waals surface area (Å²) in [7, 11) is 0. The summed E-state index contributed by atoms with van der Waals surface area (Å²) in [5.41, 5.74) is 1.02. The van der Waals surface area contributed by atoms with Crippen LogP contribution in [0.25, 0.3) is 0 Å². The Morgan fingerprint density at radius 1 is 1.33 bits per heavy atom. The van der Waals surface area contributed by atoms with E-state index in [9.17, 15) is 10.1 Å². The van der Waals surface area contributed by atoms with Crippen LogP contribution in [-0.4, -0.2) is 36.5 Å². The molecule has 112 valence electrons. The summed E-state index contributed by atoms with van der Waals surface area (Å²) in [5.74, 6) is -0.773. The molecule has 2 rings (SSSR count). The van der Waals surface area contributed by atoms with E-state index in [1.807, 2.05) is 30.3 Å². The van der Waals surface area contributed by atoms with Crippen LogP contribution in [0.5, 0.6) is 0 Å². The van der Waals surface area contributed by atoms with Crippen molar-refractivity contribution in [3.63, 3.8) is 0 Å². The minimum absolute atomic E-state index is 0.160. The Bertz CT molecular complexity index is 489. The largest absolute Gasteiger partial charge is 0.353 e. The van der Waals surface area contributed by atoms with Crippen LogP contribution in [0.3, 0.4) is 0 Å². The van der Waals surface area contributed by atoms with Gasteiger partial charge in [-0.3, -0.25) is 9.69 Å². The molecule has 0 aromatic heterocycles. The number of rotatable bonds is 6. The van der Waals surface area contributed by atoms with E-state index in [1.165, 1.54) is 12.8 Å². The molecule has 1 aliphatic rings. The van der Waals surface area contributed by atoms with Crippen LogP contribution in [0.2, 0.25) is 0 Å². The van der Waals surface area contributed by atoms with Crippen molar-refractivity contribution in [1.29, 1.82) is 5.26 Å². The SMILES string of the molecule is CC(CNC(=O)C(C#N)Cc1ccccc1)N1CCCC1. The molecule has 1 N–H and O–H groups in total. The van der Waals surface area contributed by atoms with Gasteiger partial charge in [0.05, 0.1) is 6.07 Å². The molecule has 1 amide bonds. The first kappa shape index (κ1) is 15.5. The molecule has 4 nitrogen and oxygen atoms in total. The monoisotopic (exact) mass is 285 g/mol. The number of hydrogen-bond acceptors (Lipinski definition) is 3. The van der Waals surface area contributed by atoms with Crippen molar-refractivity contribution in [2.24, 2.45) is 5.92 Å². The van der Waals surface area contributed by atoms with Gasteiger partial charge in [0.2, 0.25) is 5.91 Å². The van der Waals surface area contributed by atoms with Gasteiger partial charge in [0, 0.05) is 12.6 Å². The highest BCUT2D eigenvalue weighted by Gasteiger charge is 2.21. The molecule has 1 aliphatic heterocycles. The van der Waals surface area contributed by atoms with E-state index in [1.54, 1.807) is 0 Å². The smallest absolute Gasteiger partial charge is 0.237 e. The lowest BCUT2D eigenvalue weighted by atomic mass is 10.00. The Balaban J connectivity index is 1.81. The molecule has 0 spiro atoms. The number of carbonyl (C=O) groups excluding carboxylic acids is 1. The van der Waals surface area contributed by atoms with Crippen molar-refractivity contribution in [2.45, 2.75) is 32.2 Å². The molecule has 4 heteroatoms. The Morgan fingerprint density at radius 2 is 2.00 bits per heavy atom. The summed E-state index contributed by atoms with van der Waals surface area (Å²) in [6.45, 7) is 4.97. The van der Waals surface area contributed by atoms with Crippen molar-refractivity contribution in [3.05, 3.63) is 35.9 Å². The zero-order valence-electron chi connectivity index (χ0n) is 12.6. The van der Waals surface area contributed by atoms with Crippen molar-refractivity contribution < 1.29 is 4.79 Å². The van der Waals surface area contributed by atoms with Crippen molar-refractivity contribution in [1.82, 2.24) is 10.2 Å². The van der Waals surface area contributed by atoms with Crippen LogP contribution in [0.4, 0.5) is 0 Å². The maximum atomic E-state index is 12.1. The van der Waals surface area contributed by atoms with E-state index < -0.39 is 5.92 Å². The second-order valence-corrected chi connectivity index (χ2v) is 5.71. The lowest BCUT2D eigenvalue weighted by Crippen LogP contribution is -2.42. The number of hydrogen-bond donors (Lipinski definition) is 1. The molecular formula is C17H23N3O. The highest BCUT2D eigenvalue weighted by Crippen LogP contribution is 2.12. The predicted octanol–water partition coefficient (Wildman–Crippen LogP) is 1.97. The van der Waals surface area contributed by atoms with Gasteiger partial charge >= 0.3 is 0 Å². The second-order valence-electron chi connectivity index (χ2n) is 5.71. The molecule has 2 atom stereocenters. The summed E-state index contributed by atoms with van der Waals surface area (Å²) in [6.07, 6.45) is 2.96. The van der Waals surface area contributed by atoms with Crippen LogP contribution in [0.1, 0.15) is 25.3 Å². The number of likely N-dealkylation sites (tertiary alicyclic amines) is 1. The quantitative estimate of drug-likeness (QED) is 0.869. The second kappa shape index (κ2) is 7.80. The van der Waals surface area contributed by atoms with E-state index in [4.69, 9.17) is 0 Å². The third kappa shape index (κ3) is 4.57. The summed E-state index contributed by atoms with van der Waals surface area (Å²) in [6, 6.07) is 12.1. The van der Waals surface area contributed by atoms with Gasteiger partial charge in [0.1, 0.15) is 5.92 Å². The van der Waals surface area contributed by atoms with Gasteiger partial charge in [0.25, 0.3) is 0 Å². The first-order valence-corrected chi connectivity index (χ1v) is 7.66. The van der Waals surface area contributed by atoms with Crippen LogP contribution in [0.15, 0.2) is 30.3 Å². The maximum absolute atomic E-state index is 12.1. The summed E-state index contributed by atoms with van der Waals surface area (Å²) < 4.78 is 0. The molecule has 0 radical (unpaired) electrons. The van der Waals surface area contributed by atoms with Crippen molar-refractivity contribution in [3.8, 4) is 6.07 Å². The van der Waals surface area contributed by atoms with Gasteiger partial charge in [-0.25, -0.2) is 0 Å². The first-order chi connectivity index (χ1) is 10.2. The molecule has 1 saturated heterocycles. The average Bonchev–Trinajstić information content (AvgIpc) is 3.05. The molecule has 1 fully saturated rings. The topological polar surface area (TPSA) is 56.1 Å². The Kier molecular flexibility index (Phi) is 5.77. The summed E-state index contributed by atoms with van der Waals surface area (Å²) >= 11 is 0. The lowest BCUT2D eigenvalue weighted by molar-refractivity contribution is -0.123. The van der Waals surface area contributed by atoms with Gasteiger partial charge < -0.3 is 5.32 Å². The summed E-state index contributed by atoms with van der Waals surface area (Å²) in [5, 5.41) is 12.1. The van der Waals surface area contributed by atoms with Gasteiger partial charge in [-0.2, -0.15) is 5.26 Å². The minimum atomic E-state index is -0.613. The van der Waals surface area contributed by atoms with Gasteiger partial charge in [-0.1, -0.05) is 30.3 Å². The highest BCUT2D eigenvalue weighted by molar-refractivity contribution is 5.81. The fourth-order valence-corrected chi connectivity index (χ4v) is 2.73. The molecule has 0 bridgehead atoms. The Morgan fingerprint density at radius 3 is 2.62 bits per heavy atom.